The number of rotatable bonds is 4. The number of hydrogen-bond donors (Lipinski definition) is 4. The number of nitrogens with one attached hydrogen (secondary N) is 3. The number of aromatic nitrogens is 3. The van der Waals surface area contributed by atoms with E-state index in [-0.39, 0.29) is 11.4 Å². The number of fused-ring (bicyclic) bond motifs is 2. The normalized spacial score (nSPS) is 11.5. The van der Waals surface area contributed by atoms with Gasteiger partial charge in [-0.15, -0.1) is 0 Å². The number of para-hydroxylation sites is 1. The standard InChI is InChI=1S/C23H17N5O2/c29-22-10-9-14-5-1-2-6-15(14)18(22)13-25-28-23(30)21-11-20(26-27-21)17-12-24-19-8-4-3-7-16(17)19/h1-13,24,29H,(H,26,27)(H,28,30)/b25-13-. The summed E-state index contributed by atoms with van der Waals surface area (Å²) in [5.74, 6) is -0.334. The van der Waals surface area contributed by atoms with Gasteiger partial charge in [-0.2, -0.15) is 10.2 Å². The maximum Gasteiger partial charge on any atom is 0.289 e. The summed E-state index contributed by atoms with van der Waals surface area (Å²) in [6.07, 6.45) is 3.30. The molecule has 0 spiro atoms. The van der Waals surface area contributed by atoms with Crippen LogP contribution in [-0.2, 0) is 0 Å². The first-order valence-corrected chi connectivity index (χ1v) is 9.37. The third-order valence-corrected chi connectivity index (χ3v) is 5.00. The molecule has 0 bridgehead atoms. The second-order valence-electron chi connectivity index (χ2n) is 6.83. The molecular formula is C23H17N5O2. The highest BCUT2D eigenvalue weighted by molar-refractivity contribution is 6.03. The molecule has 0 fully saturated rings. The molecule has 2 aromatic heterocycles. The second-order valence-corrected chi connectivity index (χ2v) is 6.83. The van der Waals surface area contributed by atoms with Gasteiger partial charge in [0.25, 0.3) is 5.91 Å². The molecule has 0 aliphatic carbocycles. The number of carbonyl (C=O) groups excluding carboxylic acids is 1. The zero-order valence-corrected chi connectivity index (χ0v) is 15.8. The number of benzene rings is 3. The molecule has 1 amide bonds. The maximum absolute atomic E-state index is 12.5. The van der Waals surface area contributed by atoms with E-state index in [9.17, 15) is 9.90 Å². The summed E-state index contributed by atoms with van der Waals surface area (Å²) in [6.45, 7) is 0. The highest BCUT2D eigenvalue weighted by atomic mass is 16.3. The summed E-state index contributed by atoms with van der Waals surface area (Å²) in [6, 6.07) is 20.6. The molecular weight excluding hydrogens is 378 g/mol. The summed E-state index contributed by atoms with van der Waals surface area (Å²) >= 11 is 0. The quantitative estimate of drug-likeness (QED) is 0.271. The first-order chi connectivity index (χ1) is 14.7. The topological polar surface area (TPSA) is 106 Å². The maximum atomic E-state index is 12.5. The van der Waals surface area contributed by atoms with Crippen LogP contribution < -0.4 is 5.43 Å². The Kier molecular flexibility index (Phi) is 4.25. The van der Waals surface area contributed by atoms with E-state index < -0.39 is 5.91 Å². The highest BCUT2D eigenvalue weighted by Gasteiger charge is 2.13. The Morgan fingerprint density at radius 1 is 1.03 bits per heavy atom. The third kappa shape index (κ3) is 3.08. The minimum atomic E-state index is -0.426. The van der Waals surface area contributed by atoms with E-state index in [1.165, 1.54) is 6.21 Å². The van der Waals surface area contributed by atoms with Crippen molar-refractivity contribution >= 4 is 33.8 Å². The molecule has 0 aliphatic rings. The number of hydrazone groups is 1. The Morgan fingerprint density at radius 3 is 2.73 bits per heavy atom. The number of amides is 1. The van der Waals surface area contributed by atoms with Gasteiger partial charge < -0.3 is 10.1 Å². The molecule has 146 valence electrons. The van der Waals surface area contributed by atoms with Crippen LogP contribution in [0.1, 0.15) is 16.1 Å². The average Bonchev–Trinajstić information content (AvgIpc) is 3.42. The van der Waals surface area contributed by atoms with E-state index in [0.717, 1.165) is 27.2 Å². The number of nitrogens with zero attached hydrogens (tertiary/aromatic N) is 2. The van der Waals surface area contributed by atoms with Crippen LogP contribution >= 0.6 is 0 Å². The van der Waals surface area contributed by atoms with Crippen molar-refractivity contribution in [3.63, 3.8) is 0 Å². The molecule has 5 rings (SSSR count). The van der Waals surface area contributed by atoms with E-state index in [4.69, 9.17) is 0 Å². The smallest absolute Gasteiger partial charge is 0.289 e. The van der Waals surface area contributed by atoms with Crippen LogP contribution in [-0.4, -0.2) is 32.4 Å². The second kappa shape index (κ2) is 7.21. The molecule has 4 N–H and O–H groups in total. The van der Waals surface area contributed by atoms with Crippen LogP contribution in [0.2, 0.25) is 0 Å². The fourth-order valence-electron chi connectivity index (χ4n) is 3.49. The van der Waals surface area contributed by atoms with Crippen LogP contribution in [0, 0.1) is 0 Å². The van der Waals surface area contributed by atoms with E-state index in [1.807, 2.05) is 60.8 Å². The van der Waals surface area contributed by atoms with Crippen LogP contribution in [0.15, 0.2) is 78.0 Å². The summed E-state index contributed by atoms with van der Waals surface area (Å²) in [5.41, 5.74) is 5.87. The van der Waals surface area contributed by atoms with Crippen molar-refractivity contribution in [3.8, 4) is 17.0 Å². The van der Waals surface area contributed by atoms with Crippen molar-refractivity contribution in [2.75, 3.05) is 0 Å². The van der Waals surface area contributed by atoms with E-state index >= 15 is 0 Å². The van der Waals surface area contributed by atoms with Gasteiger partial charge in [0, 0.05) is 28.2 Å². The number of H-pyrrole nitrogens is 2. The monoisotopic (exact) mass is 395 g/mol. The van der Waals surface area contributed by atoms with Gasteiger partial charge >= 0.3 is 0 Å². The van der Waals surface area contributed by atoms with Crippen LogP contribution in [0.5, 0.6) is 5.75 Å². The number of aromatic amines is 2. The fourth-order valence-corrected chi connectivity index (χ4v) is 3.49. The van der Waals surface area contributed by atoms with Crippen molar-refractivity contribution in [2.24, 2.45) is 5.10 Å². The molecule has 7 heteroatoms. The Labute approximate surface area is 171 Å². The Hall–Kier alpha value is -4.39. The van der Waals surface area contributed by atoms with Crippen molar-refractivity contribution in [1.29, 1.82) is 0 Å². The molecule has 0 radical (unpaired) electrons. The van der Waals surface area contributed by atoms with Crippen LogP contribution in [0.3, 0.4) is 0 Å². The lowest BCUT2D eigenvalue weighted by molar-refractivity contribution is 0.0950. The zero-order valence-electron chi connectivity index (χ0n) is 15.8. The van der Waals surface area contributed by atoms with Gasteiger partial charge in [0.1, 0.15) is 11.4 Å². The predicted molar refractivity (Wildman–Crippen MR) is 117 cm³/mol. The lowest BCUT2D eigenvalue weighted by Gasteiger charge is -2.04. The molecule has 0 saturated carbocycles. The third-order valence-electron chi connectivity index (χ3n) is 5.00. The van der Waals surface area contributed by atoms with Crippen molar-refractivity contribution < 1.29 is 9.90 Å². The van der Waals surface area contributed by atoms with Crippen LogP contribution in [0.4, 0.5) is 0 Å². The SMILES string of the molecule is O=C(N/N=C\c1c(O)ccc2ccccc12)c1cc(-c2c[nH]c3ccccc23)n[nH]1. The number of hydrogen-bond acceptors (Lipinski definition) is 4. The minimum Gasteiger partial charge on any atom is -0.507 e. The van der Waals surface area contributed by atoms with Gasteiger partial charge in [-0.1, -0.05) is 48.5 Å². The number of phenolic OH excluding ortho intramolecular Hbond substituents is 1. The lowest BCUT2D eigenvalue weighted by atomic mass is 10.0. The lowest BCUT2D eigenvalue weighted by Crippen LogP contribution is -2.18. The molecule has 2 heterocycles. The molecule has 3 aromatic carbocycles. The predicted octanol–water partition coefficient (Wildman–Crippen LogP) is 4.18. The van der Waals surface area contributed by atoms with Crippen molar-refractivity contribution in [3.05, 3.63) is 84.2 Å². The Morgan fingerprint density at radius 2 is 1.83 bits per heavy atom. The van der Waals surface area contributed by atoms with Crippen LogP contribution in [0.25, 0.3) is 32.9 Å². The van der Waals surface area contributed by atoms with Gasteiger partial charge in [-0.3, -0.25) is 9.89 Å². The van der Waals surface area contributed by atoms with Gasteiger partial charge in [0.05, 0.1) is 11.9 Å². The van der Waals surface area contributed by atoms with Crippen molar-refractivity contribution in [2.45, 2.75) is 0 Å². The average molecular weight is 395 g/mol. The summed E-state index contributed by atoms with van der Waals surface area (Å²) in [4.78, 5) is 15.7. The molecule has 0 atom stereocenters. The summed E-state index contributed by atoms with van der Waals surface area (Å²) in [5, 5.41) is 24.0. The molecule has 0 aliphatic heterocycles. The van der Waals surface area contributed by atoms with Gasteiger partial charge in [-0.05, 0) is 29.0 Å². The van der Waals surface area contributed by atoms with Crippen molar-refractivity contribution in [1.82, 2.24) is 20.6 Å². The minimum absolute atomic E-state index is 0.0925. The first kappa shape index (κ1) is 17.7. The molecule has 5 aromatic rings. The zero-order chi connectivity index (χ0) is 20.5. The van der Waals surface area contributed by atoms with Gasteiger partial charge in [0.2, 0.25) is 0 Å². The number of aromatic hydroxyl groups is 1. The molecule has 0 saturated heterocycles. The fraction of sp³-hybridized carbons (Fsp3) is 0. The summed E-state index contributed by atoms with van der Waals surface area (Å²) < 4.78 is 0. The van der Waals surface area contributed by atoms with Gasteiger partial charge in [-0.25, -0.2) is 5.43 Å². The largest absolute Gasteiger partial charge is 0.507 e. The van der Waals surface area contributed by atoms with E-state index in [2.05, 4.69) is 25.7 Å². The molecule has 0 unspecified atom stereocenters. The summed E-state index contributed by atoms with van der Waals surface area (Å²) in [7, 11) is 0. The number of carbonyl (C=O) groups is 1. The van der Waals surface area contributed by atoms with Gasteiger partial charge in [0.15, 0.2) is 0 Å². The highest BCUT2D eigenvalue weighted by Crippen LogP contribution is 2.27. The molecule has 30 heavy (non-hydrogen) atoms. The van der Waals surface area contributed by atoms with E-state index in [1.54, 1.807) is 12.1 Å². The van der Waals surface area contributed by atoms with E-state index in [0.29, 0.717) is 11.3 Å². The molecule has 7 nitrogen and oxygen atoms in total. The first-order valence-electron chi connectivity index (χ1n) is 9.37. The Bertz CT molecular complexity index is 1410. The Balaban J connectivity index is 1.37. The number of phenols is 1.